The Kier molecular flexibility index (Phi) is 10.0. The van der Waals surface area contributed by atoms with Gasteiger partial charge in [0.05, 0.1) is 6.54 Å². The number of hydrogen-bond donors (Lipinski definition) is 2. The maximum Gasteiger partial charge on any atom is 0.191 e. The Labute approximate surface area is 172 Å². The van der Waals surface area contributed by atoms with Crippen molar-refractivity contribution in [3.63, 3.8) is 0 Å². The third kappa shape index (κ3) is 6.93. The highest BCUT2D eigenvalue weighted by Crippen LogP contribution is 2.23. The van der Waals surface area contributed by atoms with Gasteiger partial charge in [0.1, 0.15) is 5.01 Å². The molecule has 1 atom stereocenters. The summed E-state index contributed by atoms with van der Waals surface area (Å²) in [4.78, 5) is 10.1. The first-order chi connectivity index (χ1) is 11.6. The summed E-state index contributed by atoms with van der Waals surface area (Å²) in [7, 11) is 1.81. The van der Waals surface area contributed by atoms with Crippen LogP contribution in [0, 0.1) is 5.92 Å². The predicted octanol–water partition coefficient (Wildman–Crippen LogP) is 4.43. The molecule has 138 valence electrons. The summed E-state index contributed by atoms with van der Waals surface area (Å²) < 4.78 is 0. The second-order valence-corrected chi connectivity index (χ2v) is 7.34. The fourth-order valence-electron chi connectivity index (χ4n) is 2.62. The van der Waals surface area contributed by atoms with Crippen molar-refractivity contribution in [2.24, 2.45) is 10.9 Å². The number of rotatable bonds is 7. The lowest BCUT2D eigenvalue weighted by Gasteiger charge is -2.23. The smallest absolute Gasteiger partial charge is 0.191 e. The van der Waals surface area contributed by atoms with E-state index in [1.165, 1.54) is 10.4 Å². The van der Waals surface area contributed by atoms with Gasteiger partial charge >= 0.3 is 0 Å². The van der Waals surface area contributed by atoms with Gasteiger partial charge in [-0.25, -0.2) is 4.98 Å². The predicted molar refractivity (Wildman–Crippen MR) is 119 cm³/mol. The van der Waals surface area contributed by atoms with Crippen LogP contribution in [0.1, 0.15) is 42.1 Å². The molecule has 0 radical (unpaired) electrons. The van der Waals surface area contributed by atoms with Crippen LogP contribution < -0.4 is 10.6 Å². The van der Waals surface area contributed by atoms with E-state index in [4.69, 9.17) is 0 Å². The highest BCUT2D eigenvalue weighted by molar-refractivity contribution is 14.0. The molecule has 0 aliphatic rings. The molecule has 1 unspecified atom stereocenters. The quantitative estimate of drug-likeness (QED) is 0.356. The Morgan fingerprint density at radius 3 is 2.48 bits per heavy atom. The summed E-state index contributed by atoms with van der Waals surface area (Å²) in [6.45, 7) is 8.25. The fraction of sp³-hybridized carbons (Fsp3) is 0.474. The van der Waals surface area contributed by atoms with Gasteiger partial charge in [0.15, 0.2) is 5.96 Å². The Hall–Kier alpha value is -1.15. The van der Waals surface area contributed by atoms with Gasteiger partial charge in [-0.05, 0) is 17.9 Å². The number of aromatic nitrogens is 1. The minimum Gasteiger partial charge on any atom is -0.356 e. The minimum atomic E-state index is 0. The van der Waals surface area contributed by atoms with Crippen LogP contribution in [-0.4, -0.2) is 24.5 Å². The maximum atomic E-state index is 4.44. The van der Waals surface area contributed by atoms with Crippen LogP contribution in [0.25, 0.3) is 0 Å². The monoisotopic (exact) mass is 472 g/mol. The zero-order valence-corrected chi connectivity index (χ0v) is 18.6. The molecule has 1 aromatic carbocycles. The highest BCUT2D eigenvalue weighted by Gasteiger charge is 2.16. The number of aryl methyl sites for hydroxylation is 1. The van der Waals surface area contributed by atoms with Gasteiger partial charge < -0.3 is 10.6 Å². The first-order valence-electron chi connectivity index (χ1n) is 8.57. The Bertz CT molecular complexity index is 640. The summed E-state index contributed by atoms with van der Waals surface area (Å²) in [5.41, 5.74) is 1.36. The molecule has 0 aliphatic heterocycles. The van der Waals surface area contributed by atoms with E-state index in [0.717, 1.165) is 23.9 Å². The Balaban J connectivity index is 0.00000312. The standard InChI is InChI=1S/C19H28N4S.HI/c1-5-16-11-21-18(24-16)13-23-19(20-4)22-12-17(14(2)3)15-9-7-6-8-10-15;/h6-11,14,17H,5,12-13H2,1-4H3,(H2,20,22,23);1H. The molecule has 0 spiro atoms. The van der Waals surface area contributed by atoms with Gasteiger partial charge in [0, 0.05) is 30.6 Å². The number of aliphatic imine (C=N–C) groups is 1. The molecule has 0 aliphatic carbocycles. The van der Waals surface area contributed by atoms with Crippen molar-refractivity contribution in [1.29, 1.82) is 0 Å². The lowest BCUT2D eigenvalue weighted by Crippen LogP contribution is -2.39. The molecule has 0 bridgehead atoms. The van der Waals surface area contributed by atoms with Gasteiger partial charge in [-0.3, -0.25) is 4.99 Å². The van der Waals surface area contributed by atoms with E-state index in [1.54, 1.807) is 11.3 Å². The van der Waals surface area contributed by atoms with Crippen molar-refractivity contribution < 1.29 is 0 Å². The van der Waals surface area contributed by atoms with E-state index < -0.39 is 0 Å². The van der Waals surface area contributed by atoms with Gasteiger partial charge in [-0.15, -0.1) is 35.3 Å². The highest BCUT2D eigenvalue weighted by atomic mass is 127. The number of halogens is 1. The number of thiazole rings is 1. The molecule has 2 rings (SSSR count). The summed E-state index contributed by atoms with van der Waals surface area (Å²) in [5, 5.41) is 7.91. The number of nitrogens with zero attached hydrogens (tertiary/aromatic N) is 2. The SMILES string of the molecule is CCc1cnc(CNC(=NC)NCC(c2ccccc2)C(C)C)s1.I. The lowest BCUT2D eigenvalue weighted by molar-refractivity contribution is 0.488. The van der Waals surface area contributed by atoms with Gasteiger partial charge in [0.25, 0.3) is 0 Å². The molecule has 0 amide bonds. The first kappa shape index (κ1) is 21.9. The van der Waals surface area contributed by atoms with Crippen LogP contribution in [0.3, 0.4) is 0 Å². The van der Waals surface area contributed by atoms with E-state index in [1.807, 2.05) is 13.2 Å². The molecule has 1 heterocycles. The molecule has 0 saturated carbocycles. The van der Waals surface area contributed by atoms with E-state index in [-0.39, 0.29) is 24.0 Å². The molecular weight excluding hydrogens is 443 g/mol. The van der Waals surface area contributed by atoms with Crippen molar-refractivity contribution in [2.75, 3.05) is 13.6 Å². The third-order valence-corrected chi connectivity index (χ3v) is 5.24. The number of hydrogen-bond acceptors (Lipinski definition) is 3. The largest absolute Gasteiger partial charge is 0.356 e. The van der Waals surface area contributed by atoms with Crippen LogP contribution in [0.15, 0.2) is 41.5 Å². The topological polar surface area (TPSA) is 49.3 Å². The van der Waals surface area contributed by atoms with Crippen molar-refractivity contribution in [2.45, 2.75) is 39.7 Å². The molecule has 25 heavy (non-hydrogen) atoms. The third-order valence-electron chi connectivity index (χ3n) is 4.10. The van der Waals surface area contributed by atoms with Crippen molar-refractivity contribution in [3.8, 4) is 0 Å². The fourth-order valence-corrected chi connectivity index (χ4v) is 3.42. The van der Waals surface area contributed by atoms with Crippen LogP contribution in [0.5, 0.6) is 0 Å². The molecule has 1 aromatic heterocycles. The van der Waals surface area contributed by atoms with Crippen molar-refractivity contribution in [3.05, 3.63) is 52.0 Å². The summed E-state index contributed by atoms with van der Waals surface area (Å²) >= 11 is 1.76. The van der Waals surface area contributed by atoms with E-state index >= 15 is 0 Å². The average Bonchev–Trinajstić information content (AvgIpc) is 3.06. The number of guanidine groups is 1. The van der Waals surface area contributed by atoms with Crippen LogP contribution >= 0.6 is 35.3 Å². The van der Waals surface area contributed by atoms with Gasteiger partial charge in [-0.2, -0.15) is 0 Å². The van der Waals surface area contributed by atoms with E-state index in [9.17, 15) is 0 Å². The second kappa shape index (κ2) is 11.5. The first-order valence-corrected chi connectivity index (χ1v) is 9.38. The summed E-state index contributed by atoms with van der Waals surface area (Å²) in [5.74, 6) is 1.84. The van der Waals surface area contributed by atoms with Crippen LogP contribution in [-0.2, 0) is 13.0 Å². The molecule has 2 N–H and O–H groups in total. The zero-order valence-electron chi connectivity index (χ0n) is 15.5. The second-order valence-electron chi connectivity index (χ2n) is 6.14. The zero-order chi connectivity index (χ0) is 17.4. The Morgan fingerprint density at radius 2 is 1.92 bits per heavy atom. The molecule has 2 aromatic rings. The number of nitrogens with one attached hydrogen (secondary N) is 2. The molecule has 4 nitrogen and oxygen atoms in total. The average molecular weight is 472 g/mol. The van der Waals surface area contributed by atoms with Crippen LogP contribution in [0.4, 0.5) is 0 Å². The summed E-state index contributed by atoms with van der Waals surface area (Å²) in [6, 6.07) is 10.7. The van der Waals surface area contributed by atoms with Crippen molar-refractivity contribution >= 4 is 41.3 Å². The van der Waals surface area contributed by atoms with Crippen molar-refractivity contribution in [1.82, 2.24) is 15.6 Å². The normalized spacial score (nSPS) is 12.6. The molecule has 0 saturated heterocycles. The molecular formula is C19H29IN4S. The van der Waals surface area contributed by atoms with Crippen LogP contribution in [0.2, 0.25) is 0 Å². The van der Waals surface area contributed by atoms with E-state index in [0.29, 0.717) is 18.4 Å². The number of benzene rings is 1. The summed E-state index contributed by atoms with van der Waals surface area (Å²) in [6.07, 6.45) is 3.00. The minimum absolute atomic E-state index is 0. The lowest BCUT2D eigenvalue weighted by atomic mass is 9.88. The van der Waals surface area contributed by atoms with Gasteiger partial charge in [0.2, 0.25) is 0 Å². The molecule has 0 fully saturated rings. The maximum absolute atomic E-state index is 4.44. The van der Waals surface area contributed by atoms with E-state index in [2.05, 4.69) is 71.7 Å². The van der Waals surface area contributed by atoms with Gasteiger partial charge in [-0.1, -0.05) is 51.1 Å². The Morgan fingerprint density at radius 1 is 1.20 bits per heavy atom. The molecule has 6 heteroatoms.